The third kappa shape index (κ3) is 3.95. The lowest BCUT2D eigenvalue weighted by Crippen LogP contribution is -2.37. The van der Waals surface area contributed by atoms with Gasteiger partial charge >= 0.3 is 5.97 Å². The van der Waals surface area contributed by atoms with Gasteiger partial charge in [0, 0.05) is 0 Å². The number of aliphatic hydroxyl groups excluding tert-OH is 1. The van der Waals surface area contributed by atoms with Crippen LogP contribution in [0.5, 0.6) is 0 Å². The van der Waals surface area contributed by atoms with Crippen molar-refractivity contribution in [3.05, 3.63) is 0 Å². The fourth-order valence-corrected chi connectivity index (χ4v) is 0.444. The maximum Gasteiger partial charge on any atom is 0.325 e. The molecule has 2 atom stereocenters. The third-order valence-corrected chi connectivity index (χ3v) is 1.39. The van der Waals surface area contributed by atoms with Crippen molar-refractivity contribution < 1.29 is 14.6 Å². The van der Waals surface area contributed by atoms with Crippen LogP contribution in [0.15, 0.2) is 0 Å². The van der Waals surface area contributed by atoms with Crippen molar-refractivity contribution in [1.82, 2.24) is 0 Å². The van der Waals surface area contributed by atoms with Gasteiger partial charge < -0.3 is 15.6 Å². The Morgan fingerprint density at radius 2 is 2.27 bits per heavy atom. The van der Waals surface area contributed by atoms with E-state index in [0.29, 0.717) is 0 Å². The van der Waals surface area contributed by atoms with Gasteiger partial charge in [0.2, 0.25) is 0 Å². The Labute approximate surface area is 66.3 Å². The molecule has 0 amide bonds. The highest BCUT2D eigenvalue weighted by Gasteiger charge is 2.15. The van der Waals surface area contributed by atoms with E-state index in [-0.39, 0.29) is 12.7 Å². The number of hydrogen-bond acceptors (Lipinski definition) is 4. The number of carbonyl (C=O) groups excluding carboxylic acids is 1. The maximum atomic E-state index is 10.8. The van der Waals surface area contributed by atoms with Crippen molar-refractivity contribution in [2.24, 2.45) is 5.73 Å². The molecule has 0 aliphatic carbocycles. The maximum absolute atomic E-state index is 10.8. The summed E-state index contributed by atoms with van der Waals surface area (Å²) in [5.41, 5.74) is 5.19. The molecule has 4 heteroatoms. The summed E-state index contributed by atoms with van der Waals surface area (Å²) in [6.07, 6.45) is 0.629. The smallest absolute Gasteiger partial charge is 0.325 e. The number of rotatable bonds is 4. The van der Waals surface area contributed by atoms with Gasteiger partial charge in [-0.15, -0.1) is 0 Å². The number of esters is 1. The summed E-state index contributed by atoms with van der Waals surface area (Å²) in [7, 11) is 0. The van der Waals surface area contributed by atoms with Gasteiger partial charge in [-0.2, -0.15) is 0 Å². The molecule has 1 unspecified atom stereocenters. The molecule has 0 aliphatic heterocycles. The first-order chi connectivity index (χ1) is 5.11. The van der Waals surface area contributed by atoms with Crippen molar-refractivity contribution in [3.8, 4) is 0 Å². The Kier molecular flexibility index (Phi) is 4.81. The quantitative estimate of drug-likeness (QED) is 0.553. The van der Waals surface area contributed by atoms with Crippen LogP contribution in [0.1, 0.15) is 20.3 Å². The summed E-state index contributed by atoms with van der Waals surface area (Å²) in [5, 5.41) is 8.46. The van der Waals surface area contributed by atoms with Gasteiger partial charge in [-0.3, -0.25) is 4.79 Å². The molecule has 0 aromatic rings. The minimum atomic E-state index is -0.899. The normalized spacial score (nSPS) is 15.6. The first-order valence-electron chi connectivity index (χ1n) is 3.68. The average Bonchev–Trinajstić information content (AvgIpc) is 2.02. The summed E-state index contributed by atoms with van der Waals surface area (Å²) in [6, 6.07) is -0.899. The predicted octanol–water partition coefficient (Wildman–Crippen LogP) is -0.352. The molecule has 0 saturated heterocycles. The van der Waals surface area contributed by atoms with Crippen LogP contribution < -0.4 is 5.73 Å². The van der Waals surface area contributed by atoms with Gasteiger partial charge in [-0.25, -0.2) is 0 Å². The van der Waals surface area contributed by atoms with E-state index in [1.54, 1.807) is 6.92 Å². The van der Waals surface area contributed by atoms with E-state index in [0.717, 1.165) is 6.42 Å². The summed E-state index contributed by atoms with van der Waals surface area (Å²) in [5.74, 6) is -0.540. The van der Waals surface area contributed by atoms with Gasteiger partial charge in [0.15, 0.2) is 0 Å². The van der Waals surface area contributed by atoms with Gasteiger partial charge in [0.25, 0.3) is 0 Å². The molecule has 11 heavy (non-hydrogen) atoms. The van der Waals surface area contributed by atoms with E-state index in [9.17, 15) is 4.79 Å². The van der Waals surface area contributed by atoms with Crippen LogP contribution in [0.3, 0.4) is 0 Å². The largest absolute Gasteiger partial charge is 0.461 e. The monoisotopic (exact) mass is 161 g/mol. The van der Waals surface area contributed by atoms with Gasteiger partial charge in [-0.1, -0.05) is 6.92 Å². The minimum Gasteiger partial charge on any atom is -0.461 e. The first kappa shape index (κ1) is 10.4. The molecular formula is C7H15NO3. The van der Waals surface area contributed by atoms with E-state index < -0.39 is 12.0 Å². The standard InChI is InChI=1S/C7H15NO3/c1-3-5(2)11-7(10)6(8)4-9/h5-6,9H,3-4,8H2,1-2H3/t5?,6-/m1/s1. The Morgan fingerprint density at radius 3 is 2.64 bits per heavy atom. The molecule has 3 N–H and O–H groups in total. The average molecular weight is 161 g/mol. The Morgan fingerprint density at radius 1 is 1.73 bits per heavy atom. The molecule has 0 rings (SSSR count). The second-order valence-electron chi connectivity index (χ2n) is 2.44. The molecule has 0 saturated carbocycles. The number of carbonyl (C=O) groups is 1. The number of aliphatic hydroxyl groups is 1. The Hall–Kier alpha value is -0.610. The molecule has 0 bridgehead atoms. The van der Waals surface area contributed by atoms with Crippen LogP contribution in [0.2, 0.25) is 0 Å². The van der Waals surface area contributed by atoms with Crippen molar-refractivity contribution in [2.45, 2.75) is 32.4 Å². The summed E-state index contributed by atoms with van der Waals surface area (Å²) >= 11 is 0. The van der Waals surface area contributed by atoms with Gasteiger partial charge in [-0.05, 0) is 13.3 Å². The van der Waals surface area contributed by atoms with E-state index in [1.807, 2.05) is 6.92 Å². The summed E-state index contributed by atoms with van der Waals surface area (Å²) in [4.78, 5) is 10.8. The molecule has 4 nitrogen and oxygen atoms in total. The lowest BCUT2D eigenvalue weighted by molar-refractivity contribution is -0.150. The van der Waals surface area contributed by atoms with Crippen LogP contribution >= 0.6 is 0 Å². The zero-order valence-corrected chi connectivity index (χ0v) is 6.91. The lowest BCUT2D eigenvalue weighted by Gasteiger charge is -2.13. The second-order valence-corrected chi connectivity index (χ2v) is 2.44. The molecule has 0 spiro atoms. The minimum absolute atomic E-state index is 0.125. The van der Waals surface area contributed by atoms with Crippen LogP contribution in [-0.2, 0) is 9.53 Å². The molecule has 0 aromatic carbocycles. The molecule has 0 aromatic heterocycles. The third-order valence-electron chi connectivity index (χ3n) is 1.39. The number of ether oxygens (including phenoxy) is 1. The summed E-state index contributed by atoms with van der Waals surface area (Å²) < 4.78 is 4.83. The van der Waals surface area contributed by atoms with Crippen LogP contribution in [0.25, 0.3) is 0 Å². The number of nitrogens with two attached hydrogens (primary N) is 1. The van der Waals surface area contributed by atoms with Crippen LogP contribution in [-0.4, -0.2) is 29.8 Å². The van der Waals surface area contributed by atoms with E-state index in [4.69, 9.17) is 15.6 Å². The highest BCUT2D eigenvalue weighted by atomic mass is 16.5. The van der Waals surface area contributed by atoms with Crippen molar-refractivity contribution >= 4 is 5.97 Å². The first-order valence-corrected chi connectivity index (χ1v) is 3.68. The zero-order chi connectivity index (χ0) is 8.85. The Balaban J connectivity index is 3.68. The van der Waals surface area contributed by atoms with E-state index in [1.165, 1.54) is 0 Å². The van der Waals surface area contributed by atoms with Crippen LogP contribution in [0, 0.1) is 0 Å². The van der Waals surface area contributed by atoms with Crippen molar-refractivity contribution in [3.63, 3.8) is 0 Å². The fourth-order valence-electron chi connectivity index (χ4n) is 0.444. The topological polar surface area (TPSA) is 72.5 Å². The fraction of sp³-hybridized carbons (Fsp3) is 0.857. The van der Waals surface area contributed by atoms with Crippen LogP contribution in [0.4, 0.5) is 0 Å². The lowest BCUT2D eigenvalue weighted by atomic mass is 10.3. The SMILES string of the molecule is CCC(C)OC(=O)[C@H](N)CO. The zero-order valence-electron chi connectivity index (χ0n) is 6.91. The number of hydrogen-bond donors (Lipinski definition) is 2. The van der Waals surface area contributed by atoms with Crippen molar-refractivity contribution in [2.75, 3.05) is 6.61 Å². The molecule has 0 fully saturated rings. The summed E-state index contributed by atoms with van der Waals surface area (Å²) in [6.45, 7) is 3.32. The van der Waals surface area contributed by atoms with E-state index >= 15 is 0 Å². The second kappa shape index (κ2) is 5.09. The molecule has 0 radical (unpaired) electrons. The van der Waals surface area contributed by atoms with Crippen molar-refractivity contribution in [1.29, 1.82) is 0 Å². The highest BCUT2D eigenvalue weighted by Crippen LogP contribution is 1.97. The molecule has 66 valence electrons. The Bertz CT molecular complexity index is 127. The highest BCUT2D eigenvalue weighted by molar-refractivity contribution is 5.75. The van der Waals surface area contributed by atoms with E-state index in [2.05, 4.69) is 0 Å². The molecule has 0 aliphatic rings. The molecule has 0 heterocycles. The van der Waals surface area contributed by atoms with Gasteiger partial charge in [0.05, 0.1) is 12.7 Å². The predicted molar refractivity (Wildman–Crippen MR) is 40.9 cm³/mol. The van der Waals surface area contributed by atoms with Gasteiger partial charge in [0.1, 0.15) is 6.04 Å². The molecular weight excluding hydrogens is 146 g/mol.